The minimum atomic E-state index is -1.02. The number of Topliss-reactive ketones (excluding diaryl/α,β-unsaturated/α-hetero) is 1. The maximum atomic E-state index is 12.1. The molecule has 0 bridgehead atoms. The molecule has 2 aromatic carbocycles. The zero-order valence-corrected chi connectivity index (χ0v) is 15.6. The van der Waals surface area contributed by atoms with Gasteiger partial charge in [-0.25, -0.2) is 4.79 Å². The Morgan fingerprint density at radius 1 is 1.07 bits per heavy atom. The molecule has 1 N–H and O–H groups in total. The van der Waals surface area contributed by atoms with Crippen LogP contribution >= 0.6 is 0 Å². The fourth-order valence-corrected chi connectivity index (χ4v) is 2.24. The zero-order valence-electron chi connectivity index (χ0n) is 15.6. The number of ether oxygens (including phenoxy) is 2. The van der Waals surface area contributed by atoms with Crippen molar-refractivity contribution in [2.45, 2.75) is 26.4 Å². The molecule has 28 heavy (non-hydrogen) atoms. The van der Waals surface area contributed by atoms with Crippen LogP contribution in [0, 0.1) is 11.3 Å². The summed E-state index contributed by atoms with van der Waals surface area (Å²) in [5, 5.41) is 11.4. The predicted molar refractivity (Wildman–Crippen MR) is 102 cm³/mol. The number of nitrogens with zero attached hydrogens (tertiary/aromatic N) is 1. The molecule has 0 spiro atoms. The molecule has 0 unspecified atom stereocenters. The number of hydrogen-bond donors (Lipinski definition) is 1. The Morgan fingerprint density at radius 3 is 2.29 bits per heavy atom. The van der Waals surface area contributed by atoms with E-state index < -0.39 is 18.0 Å². The minimum Gasteiger partial charge on any atom is -0.482 e. The summed E-state index contributed by atoms with van der Waals surface area (Å²) in [5.41, 5.74) is 1.54. The first-order chi connectivity index (χ1) is 13.4. The van der Waals surface area contributed by atoms with E-state index in [1.54, 1.807) is 55.5 Å². The van der Waals surface area contributed by atoms with E-state index in [9.17, 15) is 14.4 Å². The van der Waals surface area contributed by atoms with Gasteiger partial charge in [-0.3, -0.25) is 9.59 Å². The van der Waals surface area contributed by atoms with Crippen LogP contribution in [0.15, 0.2) is 48.5 Å². The van der Waals surface area contributed by atoms with Gasteiger partial charge < -0.3 is 14.8 Å². The summed E-state index contributed by atoms with van der Waals surface area (Å²) in [5.74, 6) is -0.760. The number of nitrogens with one attached hydrogen (secondary N) is 1. The van der Waals surface area contributed by atoms with Gasteiger partial charge in [0, 0.05) is 17.7 Å². The Bertz CT molecular complexity index is 883. The first-order valence-electron chi connectivity index (χ1n) is 8.69. The van der Waals surface area contributed by atoms with Gasteiger partial charge in [0.1, 0.15) is 5.75 Å². The average Bonchev–Trinajstić information content (AvgIpc) is 2.72. The predicted octanol–water partition coefficient (Wildman–Crippen LogP) is 3.10. The van der Waals surface area contributed by atoms with E-state index in [0.29, 0.717) is 29.0 Å². The van der Waals surface area contributed by atoms with E-state index in [1.165, 1.54) is 6.92 Å². The molecule has 0 aliphatic carbocycles. The lowest BCUT2D eigenvalue weighted by Gasteiger charge is -2.14. The van der Waals surface area contributed by atoms with E-state index >= 15 is 0 Å². The summed E-state index contributed by atoms with van der Waals surface area (Å²) in [7, 11) is 0. The van der Waals surface area contributed by atoms with Gasteiger partial charge in [0.25, 0.3) is 5.91 Å². The Balaban J connectivity index is 1.80. The van der Waals surface area contributed by atoms with E-state index in [-0.39, 0.29) is 12.4 Å². The molecular weight excluding hydrogens is 360 g/mol. The highest BCUT2D eigenvalue weighted by atomic mass is 16.6. The normalized spacial score (nSPS) is 11.0. The van der Waals surface area contributed by atoms with Gasteiger partial charge in [0.05, 0.1) is 11.6 Å². The monoisotopic (exact) mass is 380 g/mol. The molecule has 2 aromatic rings. The standard InChI is InChI=1S/C21H20N2O5/c1-3-19(24)16-6-10-18(11-7-16)27-13-20(25)28-14(2)21(26)23-17-8-4-15(12-22)5-9-17/h4-11,14H,3,13H2,1-2H3,(H,23,26)/t14-/m0/s1. The molecular formula is C21H20N2O5. The van der Waals surface area contributed by atoms with Crippen molar-refractivity contribution < 1.29 is 23.9 Å². The van der Waals surface area contributed by atoms with Crippen LogP contribution in [0.25, 0.3) is 0 Å². The topological polar surface area (TPSA) is 105 Å². The minimum absolute atomic E-state index is 0.0214. The molecule has 2 rings (SSSR count). The molecule has 0 aliphatic heterocycles. The maximum absolute atomic E-state index is 12.1. The lowest BCUT2D eigenvalue weighted by Crippen LogP contribution is -2.31. The third kappa shape index (κ3) is 5.95. The van der Waals surface area contributed by atoms with Crippen LogP contribution in [-0.4, -0.2) is 30.4 Å². The fraction of sp³-hybridized carbons (Fsp3) is 0.238. The van der Waals surface area contributed by atoms with Gasteiger partial charge in [-0.2, -0.15) is 5.26 Å². The number of esters is 1. The smallest absolute Gasteiger partial charge is 0.344 e. The second-order valence-corrected chi connectivity index (χ2v) is 5.90. The third-order valence-corrected chi connectivity index (χ3v) is 3.81. The number of carbonyl (C=O) groups excluding carboxylic acids is 3. The first kappa shape index (κ1) is 20.6. The van der Waals surface area contributed by atoms with Crippen LogP contribution in [0.1, 0.15) is 36.2 Å². The molecule has 0 saturated heterocycles. The number of nitriles is 1. The number of amides is 1. The number of anilines is 1. The van der Waals surface area contributed by atoms with Gasteiger partial charge in [-0.1, -0.05) is 6.92 Å². The third-order valence-electron chi connectivity index (χ3n) is 3.81. The second-order valence-electron chi connectivity index (χ2n) is 5.90. The van der Waals surface area contributed by atoms with E-state index in [4.69, 9.17) is 14.7 Å². The highest BCUT2D eigenvalue weighted by Crippen LogP contribution is 2.14. The Morgan fingerprint density at radius 2 is 1.71 bits per heavy atom. The lowest BCUT2D eigenvalue weighted by atomic mass is 10.1. The number of rotatable bonds is 8. The van der Waals surface area contributed by atoms with E-state index in [1.807, 2.05) is 6.07 Å². The van der Waals surface area contributed by atoms with Crippen LogP contribution in [0.4, 0.5) is 5.69 Å². The summed E-state index contributed by atoms with van der Waals surface area (Å²) in [4.78, 5) is 35.5. The Hall–Kier alpha value is -3.66. The average molecular weight is 380 g/mol. The van der Waals surface area contributed by atoms with Crippen molar-refractivity contribution in [1.29, 1.82) is 5.26 Å². The number of ketones is 1. The zero-order chi connectivity index (χ0) is 20.5. The van der Waals surface area contributed by atoms with Gasteiger partial charge in [0.2, 0.25) is 0 Å². The Kier molecular flexibility index (Phi) is 7.28. The summed E-state index contributed by atoms with van der Waals surface area (Å²) in [6, 6.07) is 14.7. The molecule has 0 aliphatic rings. The van der Waals surface area contributed by atoms with Crippen molar-refractivity contribution in [3.63, 3.8) is 0 Å². The number of hydrogen-bond acceptors (Lipinski definition) is 6. The van der Waals surface area contributed by atoms with Crippen molar-refractivity contribution in [2.24, 2.45) is 0 Å². The fourth-order valence-electron chi connectivity index (χ4n) is 2.24. The van der Waals surface area contributed by atoms with Crippen LogP contribution in [-0.2, 0) is 14.3 Å². The molecule has 0 fully saturated rings. The molecule has 1 amide bonds. The second kappa shape index (κ2) is 9.88. The summed E-state index contributed by atoms with van der Waals surface area (Å²) < 4.78 is 10.4. The molecule has 0 radical (unpaired) electrons. The summed E-state index contributed by atoms with van der Waals surface area (Å²) >= 11 is 0. The van der Waals surface area contributed by atoms with Crippen LogP contribution in [0.2, 0.25) is 0 Å². The molecule has 7 nitrogen and oxygen atoms in total. The van der Waals surface area contributed by atoms with Gasteiger partial charge in [-0.15, -0.1) is 0 Å². The van der Waals surface area contributed by atoms with Crippen molar-refractivity contribution in [2.75, 3.05) is 11.9 Å². The van der Waals surface area contributed by atoms with Gasteiger partial charge in [0.15, 0.2) is 18.5 Å². The number of carbonyl (C=O) groups is 3. The van der Waals surface area contributed by atoms with Gasteiger partial charge >= 0.3 is 5.97 Å². The van der Waals surface area contributed by atoms with Gasteiger partial charge in [-0.05, 0) is 55.5 Å². The van der Waals surface area contributed by atoms with Crippen LogP contribution < -0.4 is 10.1 Å². The lowest BCUT2D eigenvalue weighted by molar-refractivity contribution is -0.155. The Labute approximate surface area is 162 Å². The van der Waals surface area contributed by atoms with E-state index in [0.717, 1.165) is 0 Å². The van der Waals surface area contributed by atoms with Crippen LogP contribution in [0.5, 0.6) is 5.75 Å². The molecule has 0 aromatic heterocycles. The maximum Gasteiger partial charge on any atom is 0.344 e. The van der Waals surface area contributed by atoms with E-state index in [2.05, 4.69) is 5.32 Å². The molecule has 144 valence electrons. The quantitative estimate of drug-likeness (QED) is 0.557. The number of benzene rings is 2. The van der Waals surface area contributed by atoms with Crippen molar-refractivity contribution in [3.8, 4) is 11.8 Å². The largest absolute Gasteiger partial charge is 0.482 e. The van der Waals surface area contributed by atoms with Crippen LogP contribution in [0.3, 0.4) is 0 Å². The molecule has 0 saturated carbocycles. The molecule has 7 heteroatoms. The highest BCUT2D eigenvalue weighted by molar-refractivity contribution is 5.96. The SMILES string of the molecule is CCC(=O)c1ccc(OCC(=O)O[C@@H](C)C(=O)Nc2ccc(C#N)cc2)cc1. The highest BCUT2D eigenvalue weighted by Gasteiger charge is 2.18. The molecule has 1 atom stereocenters. The van der Waals surface area contributed by atoms with Crippen molar-refractivity contribution in [1.82, 2.24) is 0 Å². The molecule has 0 heterocycles. The van der Waals surface area contributed by atoms with Crippen molar-refractivity contribution in [3.05, 3.63) is 59.7 Å². The summed E-state index contributed by atoms with van der Waals surface area (Å²) in [6.45, 7) is 2.86. The first-order valence-corrected chi connectivity index (χ1v) is 8.69. The van der Waals surface area contributed by atoms with Crippen molar-refractivity contribution >= 4 is 23.3 Å². The summed E-state index contributed by atoms with van der Waals surface area (Å²) in [6.07, 6.45) is -0.606.